The van der Waals surface area contributed by atoms with Crippen LogP contribution in [0.4, 0.5) is 27.8 Å². The first-order valence-electron chi connectivity index (χ1n) is 9.78. The van der Waals surface area contributed by atoms with E-state index >= 15 is 0 Å². The Morgan fingerprint density at radius 1 is 0.765 bits per heavy atom. The maximum absolute atomic E-state index is 14.1. The molecule has 4 rings (SSSR count). The largest absolute Gasteiger partial charge is 0.261 e. The second kappa shape index (κ2) is 9.68. The van der Waals surface area contributed by atoms with E-state index in [1.165, 1.54) is 0 Å². The van der Waals surface area contributed by atoms with Gasteiger partial charge in [0.2, 0.25) is 5.82 Å². The lowest BCUT2D eigenvalue weighted by Gasteiger charge is -2.10. The molecule has 0 aliphatic rings. The fourth-order valence-electron chi connectivity index (χ4n) is 3.11. The lowest BCUT2D eigenvalue weighted by Crippen LogP contribution is -2.12. The van der Waals surface area contributed by atoms with Crippen molar-refractivity contribution in [1.82, 2.24) is 9.97 Å². The van der Waals surface area contributed by atoms with Gasteiger partial charge in [0, 0.05) is 21.7 Å². The van der Waals surface area contributed by atoms with Crippen LogP contribution in [0.5, 0.6) is 0 Å². The predicted molar refractivity (Wildman–Crippen MR) is 123 cm³/mol. The molecule has 10 heteroatoms. The molecule has 0 radical (unpaired) electrons. The predicted octanol–water partition coefficient (Wildman–Crippen LogP) is 7.10. The number of hydrogen-bond acceptors (Lipinski definition) is 4. The number of halogens is 6. The van der Waals surface area contributed by atoms with E-state index in [4.69, 9.17) is 0 Å². The number of rotatable bonds is 5. The zero-order valence-electron chi connectivity index (χ0n) is 17.4. The van der Waals surface area contributed by atoms with Crippen LogP contribution in [0.2, 0.25) is 0 Å². The van der Waals surface area contributed by atoms with Crippen molar-refractivity contribution in [2.24, 2.45) is 5.10 Å². The quantitative estimate of drug-likeness (QED) is 0.0979. The molecule has 0 bridgehead atoms. The fraction of sp³-hybridized carbons (Fsp3) is 0.0417. The van der Waals surface area contributed by atoms with Crippen molar-refractivity contribution >= 4 is 27.5 Å². The first-order valence-corrected chi connectivity index (χ1v) is 10.6. The summed E-state index contributed by atoms with van der Waals surface area (Å²) in [5.74, 6) is -9.79. The topological polar surface area (TPSA) is 50.2 Å². The lowest BCUT2D eigenvalue weighted by atomic mass is 10.1. The Labute approximate surface area is 199 Å². The number of aromatic nitrogens is 2. The zero-order chi connectivity index (χ0) is 24.4. The van der Waals surface area contributed by atoms with Gasteiger partial charge < -0.3 is 0 Å². The van der Waals surface area contributed by atoms with Crippen LogP contribution >= 0.6 is 15.9 Å². The summed E-state index contributed by atoms with van der Waals surface area (Å²) < 4.78 is 69.6. The highest BCUT2D eigenvalue weighted by atomic mass is 79.9. The first-order chi connectivity index (χ1) is 16.3. The smallest absolute Gasteiger partial charge is 0.200 e. The fourth-order valence-corrected chi connectivity index (χ4v) is 3.37. The van der Waals surface area contributed by atoms with Crippen LogP contribution in [0.25, 0.3) is 22.6 Å². The van der Waals surface area contributed by atoms with Gasteiger partial charge in [-0.05, 0) is 19.1 Å². The molecule has 172 valence electrons. The van der Waals surface area contributed by atoms with E-state index in [0.29, 0.717) is 17.1 Å². The van der Waals surface area contributed by atoms with E-state index in [9.17, 15) is 22.0 Å². The van der Waals surface area contributed by atoms with Crippen molar-refractivity contribution < 1.29 is 22.0 Å². The zero-order valence-corrected chi connectivity index (χ0v) is 19.0. The molecule has 0 saturated heterocycles. The van der Waals surface area contributed by atoms with E-state index in [0.717, 1.165) is 17.0 Å². The average Bonchev–Trinajstić information content (AvgIpc) is 2.86. The Morgan fingerprint density at radius 3 is 1.97 bits per heavy atom. The first kappa shape index (κ1) is 23.5. The highest BCUT2D eigenvalue weighted by Gasteiger charge is 2.27. The molecular weight excluding hydrogens is 519 g/mol. The van der Waals surface area contributed by atoms with Gasteiger partial charge in [-0.3, -0.25) is 5.43 Å². The third-order valence-electron chi connectivity index (χ3n) is 4.81. The Morgan fingerprint density at radius 2 is 1.35 bits per heavy atom. The van der Waals surface area contributed by atoms with Crippen molar-refractivity contribution in [1.29, 1.82) is 0 Å². The molecule has 1 heterocycles. The van der Waals surface area contributed by atoms with Gasteiger partial charge in [0.15, 0.2) is 34.9 Å². The Hall–Kier alpha value is -3.66. The van der Waals surface area contributed by atoms with Crippen molar-refractivity contribution in [2.45, 2.75) is 6.92 Å². The van der Waals surface area contributed by atoms with Crippen molar-refractivity contribution in [3.63, 3.8) is 0 Å². The van der Waals surface area contributed by atoms with Crippen molar-refractivity contribution in [3.05, 3.63) is 99.8 Å². The molecule has 0 aliphatic carbocycles. The van der Waals surface area contributed by atoms with E-state index in [2.05, 4.69) is 36.4 Å². The van der Waals surface area contributed by atoms with Gasteiger partial charge in [0.05, 0.1) is 17.0 Å². The van der Waals surface area contributed by atoms with Crippen molar-refractivity contribution in [3.8, 4) is 22.6 Å². The Bertz CT molecular complexity index is 1360. The summed E-state index contributed by atoms with van der Waals surface area (Å²) >= 11 is 3.36. The SMILES string of the molecule is CC(=NNc1cc(-c2ccccc2)nc(-c2ccc(Br)cc2)n1)c1c(F)c(F)c(F)c(F)c1F. The molecule has 0 unspecified atom stereocenters. The standard InChI is InChI=1S/C24H14BrF5N4/c1-12(18-19(26)21(28)23(30)22(29)20(18)27)33-34-17-11-16(13-5-3-2-4-6-13)31-24(32-17)14-7-9-15(25)10-8-14/h2-11H,1H3,(H,31,32,34). The van der Waals surface area contributed by atoms with Gasteiger partial charge in [-0.25, -0.2) is 31.9 Å². The van der Waals surface area contributed by atoms with E-state index in [1.54, 1.807) is 18.2 Å². The molecule has 4 aromatic rings. The van der Waals surface area contributed by atoms with Gasteiger partial charge in [-0.15, -0.1) is 0 Å². The molecule has 0 spiro atoms. The van der Waals surface area contributed by atoms with Gasteiger partial charge in [0.25, 0.3) is 0 Å². The molecule has 4 nitrogen and oxygen atoms in total. The van der Waals surface area contributed by atoms with Crippen LogP contribution in [0.3, 0.4) is 0 Å². The monoisotopic (exact) mass is 532 g/mol. The number of anilines is 1. The van der Waals surface area contributed by atoms with E-state index in [-0.39, 0.29) is 5.82 Å². The minimum absolute atomic E-state index is 0.148. The molecule has 0 fully saturated rings. The molecule has 0 amide bonds. The third kappa shape index (κ3) is 4.67. The van der Waals surface area contributed by atoms with Gasteiger partial charge in [-0.2, -0.15) is 5.10 Å². The van der Waals surface area contributed by atoms with Crippen LogP contribution in [0.1, 0.15) is 12.5 Å². The normalized spacial score (nSPS) is 11.6. The van der Waals surface area contributed by atoms with Crippen LogP contribution in [-0.4, -0.2) is 15.7 Å². The molecule has 0 saturated carbocycles. The van der Waals surface area contributed by atoms with Gasteiger partial charge in [-0.1, -0.05) is 58.4 Å². The highest BCUT2D eigenvalue weighted by Crippen LogP contribution is 2.26. The maximum atomic E-state index is 14.1. The van der Waals surface area contributed by atoms with Crippen LogP contribution in [0.15, 0.2) is 70.2 Å². The molecule has 3 aromatic carbocycles. The van der Waals surface area contributed by atoms with Crippen LogP contribution in [-0.2, 0) is 0 Å². The Kier molecular flexibility index (Phi) is 6.69. The molecule has 34 heavy (non-hydrogen) atoms. The van der Waals surface area contributed by atoms with E-state index < -0.39 is 40.4 Å². The summed E-state index contributed by atoms with van der Waals surface area (Å²) in [5, 5.41) is 3.81. The summed E-state index contributed by atoms with van der Waals surface area (Å²) in [4.78, 5) is 8.95. The van der Waals surface area contributed by atoms with Crippen molar-refractivity contribution in [2.75, 3.05) is 5.43 Å². The van der Waals surface area contributed by atoms with E-state index in [1.807, 2.05) is 42.5 Å². The summed E-state index contributed by atoms with van der Waals surface area (Å²) in [6.45, 7) is 1.11. The second-order valence-electron chi connectivity index (χ2n) is 7.09. The van der Waals surface area contributed by atoms with Gasteiger partial charge >= 0.3 is 0 Å². The minimum atomic E-state index is -2.23. The molecule has 0 atom stereocenters. The number of nitrogens with one attached hydrogen (secondary N) is 1. The second-order valence-corrected chi connectivity index (χ2v) is 8.00. The Balaban J connectivity index is 1.77. The summed E-state index contributed by atoms with van der Waals surface area (Å²) in [7, 11) is 0. The summed E-state index contributed by atoms with van der Waals surface area (Å²) in [5.41, 5.74) is 2.93. The number of hydrogen-bond donors (Lipinski definition) is 1. The number of nitrogens with zero attached hydrogens (tertiary/aromatic N) is 3. The third-order valence-corrected chi connectivity index (χ3v) is 5.34. The molecule has 0 aliphatic heterocycles. The summed E-state index contributed by atoms with van der Waals surface area (Å²) in [6.07, 6.45) is 0. The van der Waals surface area contributed by atoms with Crippen LogP contribution in [0, 0.1) is 29.1 Å². The molecule has 1 N–H and O–H groups in total. The minimum Gasteiger partial charge on any atom is -0.261 e. The average molecular weight is 533 g/mol. The summed E-state index contributed by atoms with van der Waals surface area (Å²) in [6, 6.07) is 17.9. The highest BCUT2D eigenvalue weighted by molar-refractivity contribution is 9.10. The van der Waals surface area contributed by atoms with Crippen LogP contribution < -0.4 is 5.43 Å². The number of hydrazone groups is 1. The molecular formula is C24H14BrF5N4. The van der Waals surface area contributed by atoms with Gasteiger partial charge in [0.1, 0.15) is 0 Å². The maximum Gasteiger partial charge on any atom is 0.200 e. The number of benzene rings is 3. The lowest BCUT2D eigenvalue weighted by molar-refractivity contribution is 0.377. The molecule has 1 aromatic heterocycles.